The zero-order valence-corrected chi connectivity index (χ0v) is 6.85. The maximum Gasteiger partial charge on any atom is 0.508 e. The van der Waals surface area contributed by atoms with Crippen LogP contribution in [0.5, 0.6) is 0 Å². The predicted octanol–water partition coefficient (Wildman–Crippen LogP) is 0.454. The van der Waals surface area contributed by atoms with Gasteiger partial charge in [0.05, 0.1) is 12.9 Å². The summed E-state index contributed by atoms with van der Waals surface area (Å²) in [5, 5.41) is 0. The standard InChI is InChI=1S/C6H8O4S/c1-9-6(8)10-5-3-11-2-4(5)7/h5H,2-3H2,1H3. The van der Waals surface area contributed by atoms with Gasteiger partial charge in [-0.25, -0.2) is 4.79 Å². The molecule has 0 aromatic heterocycles. The molecule has 1 saturated heterocycles. The molecule has 0 spiro atoms. The quantitative estimate of drug-likeness (QED) is 0.543. The predicted molar refractivity (Wildman–Crippen MR) is 39.6 cm³/mol. The van der Waals surface area contributed by atoms with Gasteiger partial charge in [-0.15, -0.1) is 11.8 Å². The second kappa shape index (κ2) is 3.61. The average Bonchev–Trinajstić information content (AvgIpc) is 2.37. The van der Waals surface area contributed by atoms with E-state index in [1.54, 1.807) is 0 Å². The van der Waals surface area contributed by atoms with Crippen molar-refractivity contribution >= 4 is 23.7 Å². The smallest absolute Gasteiger partial charge is 0.438 e. The summed E-state index contributed by atoms with van der Waals surface area (Å²) in [4.78, 5) is 21.4. The number of hydrogen-bond donors (Lipinski definition) is 0. The Morgan fingerprint density at radius 2 is 2.45 bits per heavy atom. The molecule has 1 atom stereocenters. The van der Waals surface area contributed by atoms with Gasteiger partial charge in [-0.05, 0) is 0 Å². The third-order valence-corrected chi connectivity index (χ3v) is 2.30. The van der Waals surface area contributed by atoms with Crippen LogP contribution in [0.25, 0.3) is 0 Å². The van der Waals surface area contributed by atoms with Crippen molar-refractivity contribution in [3.8, 4) is 0 Å². The highest BCUT2D eigenvalue weighted by atomic mass is 32.2. The van der Waals surface area contributed by atoms with Crippen LogP contribution in [0.2, 0.25) is 0 Å². The summed E-state index contributed by atoms with van der Waals surface area (Å²) in [6, 6.07) is 0. The molecule has 0 saturated carbocycles. The minimum atomic E-state index is -0.786. The van der Waals surface area contributed by atoms with Crippen molar-refractivity contribution in [2.75, 3.05) is 18.6 Å². The van der Waals surface area contributed by atoms with Crippen LogP contribution in [-0.4, -0.2) is 36.7 Å². The molecule has 1 rings (SSSR count). The summed E-state index contributed by atoms with van der Waals surface area (Å²) >= 11 is 1.46. The van der Waals surface area contributed by atoms with Crippen molar-refractivity contribution in [2.24, 2.45) is 0 Å². The zero-order valence-electron chi connectivity index (χ0n) is 6.03. The van der Waals surface area contributed by atoms with E-state index in [9.17, 15) is 9.59 Å². The monoisotopic (exact) mass is 176 g/mol. The fourth-order valence-corrected chi connectivity index (χ4v) is 1.69. The van der Waals surface area contributed by atoms with E-state index in [0.29, 0.717) is 11.5 Å². The highest BCUT2D eigenvalue weighted by Crippen LogP contribution is 2.17. The summed E-state index contributed by atoms with van der Waals surface area (Å²) in [6.45, 7) is 0. The summed E-state index contributed by atoms with van der Waals surface area (Å²) in [5.74, 6) is 0.940. The van der Waals surface area contributed by atoms with Crippen LogP contribution < -0.4 is 0 Å². The molecular formula is C6H8O4S. The average molecular weight is 176 g/mol. The lowest BCUT2D eigenvalue weighted by atomic mass is 10.3. The van der Waals surface area contributed by atoms with Crippen LogP contribution in [0.15, 0.2) is 0 Å². The van der Waals surface area contributed by atoms with E-state index >= 15 is 0 Å². The summed E-state index contributed by atoms with van der Waals surface area (Å²) < 4.78 is 8.88. The first kappa shape index (κ1) is 8.39. The second-order valence-electron chi connectivity index (χ2n) is 2.04. The van der Waals surface area contributed by atoms with Gasteiger partial charge >= 0.3 is 6.16 Å². The number of rotatable bonds is 1. The number of Topliss-reactive ketones (excluding diaryl/α,β-unsaturated/α-hetero) is 1. The third-order valence-electron chi connectivity index (χ3n) is 1.28. The number of carbonyl (C=O) groups excluding carboxylic acids is 2. The first-order chi connectivity index (χ1) is 5.24. The molecule has 4 nitrogen and oxygen atoms in total. The molecule has 1 unspecified atom stereocenters. The van der Waals surface area contributed by atoms with E-state index in [1.165, 1.54) is 18.9 Å². The molecule has 1 fully saturated rings. The lowest BCUT2D eigenvalue weighted by Gasteiger charge is -2.06. The Hall–Kier alpha value is -0.710. The molecule has 1 aliphatic rings. The summed E-state index contributed by atoms with van der Waals surface area (Å²) in [7, 11) is 1.22. The fraction of sp³-hybridized carbons (Fsp3) is 0.667. The van der Waals surface area contributed by atoms with Gasteiger partial charge in [0.15, 0.2) is 11.9 Å². The summed E-state index contributed by atoms with van der Waals surface area (Å²) in [5.41, 5.74) is 0. The van der Waals surface area contributed by atoms with Crippen LogP contribution in [-0.2, 0) is 14.3 Å². The van der Waals surface area contributed by atoms with E-state index in [1.807, 2.05) is 0 Å². The molecule has 62 valence electrons. The molecule has 0 N–H and O–H groups in total. The Balaban J connectivity index is 2.36. The highest BCUT2D eigenvalue weighted by Gasteiger charge is 2.28. The SMILES string of the molecule is COC(=O)OC1CSCC1=O. The number of methoxy groups -OCH3 is 1. The molecule has 5 heteroatoms. The molecule has 0 aromatic carbocycles. The lowest BCUT2D eigenvalue weighted by Crippen LogP contribution is -2.25. The van der Waals surface area contributed by atoms with E-state index in [2.05, 4.69) is 9.47 Å². The van der Waals surface area contributed by atoms with Gasteiger partial charge in [0.1, 0.15) is 0 Å². The second-order valence-corrected chi connectivity index (χ2v) is 3.07. The van der Waals surface area contributed by atoms with E-state index < -0.39 is 12.3 Å². The van der Waals surface area contributed by atoms with Crippen molar-refractivity contribution < 1.29 is 19.1 Å². The van der Waals surface area contributed by atoms with Gasteiger partial charge in [-0.2, -0.15) is 0 Å². The number of ketones is 1. The molecule has 11 heavy (non-hydrogen) atoms. The van der Waals surface area contributed by atoms with Crippen LogP contribution in [0.3, 0.4) is 0 Å². The van der Waals surface area contributed by atoms with Crippen LogP contribution >= 0.6 is 11.8 Å². The summed E-state index contributed by atoms with van der Waals surface area (Å²) in [6.07, 6.45) is -1.38. The zero-order chi connectivity index (χ0) is 8.27. The van der Waals surface area contributed by atoms with Gasteiger partial charge < -0.3 is 9.47 Å². The lowest BCUT2D eigenvalue weighted by molar-refractivity contribution is -0.124. The number of thioether (sulfide) groups is 1. The van der Waals surface area contributed by atoms with Crippen molar-refractivity contribution in [1.29, 1.82) is 0 Å². The van der Waals surface area contributed by atoms with Gasteiger partial charge in [-0.1, -0.05) is 0 Å². The van der Waals surface area contributed by atoms with E-state index in [-0.39, 0.29) is 5.78 Å². The Kier molecular flexibility index (Phi) is 2.76. The van der Waals surface area contributed by atoms with Crippen LogP contribution in [0.4, 0.5) is 4.79 Å². The van der Waals surface area contributed by atoms with Gasteiger partial charge in [0, 0.05) is 5.75 Å². The van der Waals surface area contributed by atoms with Crippen LogP contribution in [0.1, 0.15) is 0 Å². The number of hydrogen-bond acceptors (Lipinski definition) is 5. The Morgan fingerprint density at radius 1 is 1.73 bits per heavy atom. The minimum absolute atomic E-state index is 0.0413. The first-order valence-electron chi connectivity index (χ1n) is 3.09. The third kappa shape index (κ3) is 2.11. The number of ether oxygens (including phenoxy) is 2. The van der Waals surface area contributed by atoms with E-state index in [0.717, 1.165) is 0 Å². The van der Waals surface area contributed by atoms with Gasteiger partial charge in [-0.3, -0.25) is 4.79 Å². The maximum atomic E-state index is 10.9. The minimum Gasteiger partial charge on any atom is -0.438 e. The maximum absolute atomic E-state index is 10.9. The molecule has 1 aliphatic heterocycles. The number of carbonyl (C=O) groups is 2. The van der Waals surface area contributed by atoms with Crippen molar-refractivity contribution in [3.63, 3.8) is 0 Å². The fourth-order valence-electron chi connectivity index (χ4n) is 0.716. The Bertz CT molecular complexity index is 179. The Labute approximate surface area is 68.2 Å². The molecule has 0 bridgehead atoms. The highest BCUT2D eigenvalue weighted by molar-refractivity contribution is 8.00. The molecule has 0 amide bonds. The molecule has 0 aromatic rings. The molecule has 0 radical (unpaired) electrons. The van der Waals surface area contributed by atoms with Crippen LogP contribution in [0, 0.1) is 0 Å². The molecular weight excluding hydrogens is 168 g/mol. The topological polar surface area (TPSA) is 52.6 Å². The van der Waals surface area contributed by atoms with Crippen molar-refractivity contribution in [3.05, 3.63) is 0 Å². The van der Waals surface area contributed by atoms with Gasteiger partial charge in [0.2, 0.25) is 0 Å². The first-order valence-corrected chi connectivity index (χ1v) is 4.24. The molecule has 0 aliphatic carbocycles. The molecule has 1 heterocycles. The largest absolute Gasteiger partial charge is 0.508 e. The van der Waals surface area contributed by atoms with Gasteiger partial charge in [0.25, 0.3) is 0 Å². The Morgan fingerprint density at radius 3 is 2.91 bits per heavy atom. The normalized spacial score (nSPS) is 23.4. The van der Waals surface area contributed by atoms with Crippen molar-refractivity contribution in [2.45, 2.75) is 6.10 Å². The van der Waals surface area contributed by atoms with Crippen molar-refractivity contribution in [1.82, 2.24) is 0 Å². The van der Waals surface area contributed by atoms with E-state index in [4.69, 9.17) is 0 Å².